The predicted octanol–water partition coefficient (Wildman–Crippen LogP) is 14.2. The van der Waals surface area contributed by atoms with Crippen LogP contribution >= 0.6 is 0 Å². The van der Waals surface area contributed by atoms with E-state index in [1.807, 2.05) is 18.2 Å². The second kappa shape index (κ2) is 14.0. The van der Waals surface area contributed by atoms with Gasteiger partial charge < -0.3 is 9.13 Å². The number of fused-ring (bicyclic) bond motifs is 10. The average molecular weight is 805 g/mol. The van der Waals surface area contributed by atoms with Gasteiger partial charge in [-0.2, -0.15) is 9.97 Å². The molecule has 0 radical (unpaired) electrons. The fraction of sp³-hybridized carbons (Fsp3) is 0. The maximum absolute atomic E-state index is 5.49. The molecular weight excluding hydrogens is 769 g/mol. The molecule has 0 N–H and O–H groups in total. The Balaban J connectivity index is 1.13. The van der Waals surface area contributed by atoms with Crippen LogP contribution in [0.2, 0.25) is 0 Å². The first-order valence-corrected chi connectivity index (χ1v) is 21.3. The molecular formula is C57H36N6. The van der Waals surface area contributed by atoms with Crippen LogP contribution in [0.25, 0.3) is 117 Å². The van der Waals surface area contributed by atoms with Crippen LogP contribution in [0.3, 0.4) is 0 Å². The van der Waals surface area contributed by atoms with E-state index in [0.29, 0.717) is 17.6 Å². The zero-order valence-corrected chi connectivity index (χ0v) is 34.0. The van der Waals surface area contributed by atoms with E-state index < -0.39 is 0 Å². The lowest BCUT2D eigenvalue weighted by Crippen LogP contribution is -2.07. The van der Waals surface area contributed by atoms with Gasteiger partial charge in [0.2, 0.25) is 5.95 Å². The van der Waals surface area contributed by atoms with Crippen LogP contribution in [0.1, 0.15) is 0 Å². The summed E-state index contributed by atoms with van der Waals surface area (Å²) in [7, 11) is 0. The lowest BCUT2D eigenvalue weighted by atomic mass is 9.99. The van der Waals surface area contributed by atoms with Crippen LogP contribution in [-0.4, -0.2) is 28.7 Å². The molecule has 13 rings (SSSR count). The summed E-state index contributed by atoms with van der Waals surface area (Å²) >= 11 is 0. The van der Waals surface area contributed by atoms with Crippen molar-refractivity contribution < 1.29 is 0 Å². The van der Waals surface area contributed by atoms with E-state index >= 15 is 0 Å². The Hall–Kier alpha value is -8.61. The third-order valence-electron chi connectivity index (χ3n) is 12.5. The minimum absolute atomic E-state index is 0.553. The summed E-state index contributed by atoms with van der Waals surface area (Å²) in [5.74, 6) is 1.75. The number of hydrogen-bond acceptors (Lipinski definition) is 3. The normalized spacial score (nSPS) is 11.8. The molecule has 6 nitrogen and oxygen atoms in total. The molecule has 0 spiro atoms. The van der Waals surface area contributed by atoms with Crippen LogP contribution < -0.4 is 0 Å². The monoisotopic (exact) mass is 804 g/mol. The second-order valence-corrected chi connectivity index (χ2v) is 16.0. The number of benzene rings is 9. The fourth-order valence-electron chi connectivity index (χ4n) is 9.78. The van der Waals surface area contributed by atoms with Gasteiger partial charge in [0.25, 0.3) is 0 Å². The molecule has 0 unspecified atom stereocenters. The summed E-state index contributed by atoms with van der Waals surface area (Å²) in [6, 6.07) is 77.2. The van der Waals surface area contributed by atoms with Crippen molar-refractivity contribution in [1.29, 1.82) is 0 Å². The summed E-state index contributed by atoms with van der Waals surface area (Å²) in [6.45, 7) is 0. The minimum atomic E-state index is 0.553. The highest BCUT2D eigenvalue weighted by Gasteiger charge is 2.24. The Bertz CT molecular complexity index is 3880. The van der Waals surface area contributed by atoms with Gasteiger partial charge in [0.1, 0.15) is 0 Å². The summed E-state index contributed by atoms with van der Waals surface area (Å²) in [5.41, 5.74) is 12.9. The van der Waals surface area contributed by atoms with Crippen molar-refractivity contribution in [2.75, 3.05) is 0 Å². The third kappa shape index (κ3) is 5.41. The van der Waals surface area contributed by atoms with Crippen LogP contribution in [0, 0.1) is 0 Å². The molecule has 6 heteroatoms. The average Bonchev–Trinajstić information content (AvgIpc) is 4.00. The summed E-state index contributed by atoms with van der Waals surface area (Å²) in [6.07, 6.45) is 0. The molecule has 0 aliphatic carbocycles. The van der Waals surface area contributed by atoms with Crippen LogP contribution in [0.4, 0.5) is 0 Å². The van der Waals surface area contributed by atoms with Gasteiger partial charge in [0, 0.05) is 54.8 Å². The third-order valence-corrected chi connectivity index (χ3v) is 12.5. The van der Waals surface area contributed by atoms with Gasteiger partial charge in [-0.15, -0.1) is 0 Å². The molecule has 0 amide bonds. The molecule has 13 aromatic rings. The molecule has 0 saturated heterocycles. The predicted molar refractivity (Wildman–Crippen MR) is 259 cm³/mol. The van der Waals surface area contributed by atoms with Gasteiger partial charge in [-0.1, -0.05) is 170 Å². The molecule has 0 bridgehead atoms. The van der Waals surface area contributed by atoms with Gasteiger partial charge in [0.05, 0.1) is 33.1 Å². The summed E-state index contributed by atoms with van der Waals surface area (Å²) in [4.78, 5) is 16.1. The number of rotatable bonds is 6. The first-order chi connectivity index (χ1) is 31.3. The highest BCUT2D eigenvalue weighted by atomic mass is 15.2. The number of para-hydroxylation sites is 4. The van der Waals surface area contributed by atoms with Crippen LogP contribution in [0.5, 0.6) is 0 Å². The summed E-state index contributed by atoms with van der Waals surface area (Å²) in [5, 5.41) is 6.98. The van der Waals surface area contributed by atoms with Crippen molar-refractivity contribution in [3.05, 3.63) is 218 Å². The first kappa shape index (κ1) is 35.2. The highest BCUT2D eigenvalue weighted by Crippen LogP contribution is 2.43. The van der Waals surface area contributed by atoms with Crippen molar-refractivity contribution in [2.45, 2.75) is 0 Å². The van der Waals surface area contributed by atoms with E-state index in [0.717, 1.165) is 77.1 Å². The number of nitrogens with zero attached hydrogens (tertiary/aromatic N) is 6. The molecule has 0 fully saturated rings. The van der Waals surface area contributed by atoms with Crippen LogP contribution in [0.15, 0.2) is 218 Å². The quantitative estimate of drug-likeness (QED) is 0.168. The van der Waals surface area contributed by atoms with E-state index in [-0.39, 0.29) is 0 Å². The first-order valence-electron chi connectivity index (χ1n) is 21.3. The van der Waals surface area contributed by atoms with Crippen molar-refractivity contribution in [3.8, 4) is 51.2 Å². The SMILES string of the molecule is c1ccc(-c2nc(-c3ccc4c5c(-c6ccccc6)cccc5n(-c5ccccc5)c4c3)nc(-n3c4ccccc4c4ccc5c6ccccc6n(-c6ccccc6)c5c43)n2)cc1. The smallest absolute Gasteiger partial charge is 0.238 e. The largest absolute Gasteiger partial charge is 0.309 e. The minimum Gasteiger partial charge on any atom is -0.309 e. The molecule has 9 aromatic carbocycles. The molecule has 4 aromatic heterocycles. The standard InChI is InChI=1S/C57H36N6/c1-5-18-37(19-6-1)42-28-17-31-50-52(42)47-33-32-39(36-51(47)61(50)40-22-9-3-10-23-40)56-58-55(38-20-7-2-8-21-38)59-57(60-56)63-49-30-16-14-27-44(49)46-35-34-45-43-26-13-15-29-48(43)62(53(45)54(46)63)41-24-11-4-12-25-41/h1-36H. The van der Waals surface area contributed by atoms with Gasteiger partial charge in [-0.3, -0.25) is 4.57 Å². The Morgan fingerprint density at radius 3 is 1.43 bits per heavy atom. The van der Waals surface area contributed by atoms with E-state index in [4.69, 9.17) is 15.0 Å². The topological polar surface area (TPSA) is 53.5 Å². The van der Waals surface area contributed by atoms with Crippen molar-refractivity contribution in [2.24, 2.45) is 0 Å². The van der Waals surface area contributed by atoms with Crippen LogP contribution in [-0.2, 0) is 0 Å². The fourth-order valence-corrected chi connectivity index (χ4v) is 9.78. The summed E-state index contributed by atoms with van der Waals surface area (Å²) < 4.78 is 7.02. The van der Waals surface area contributed by atoms with E-state index in [1.54, 1.807) is 0 Å². The van der Waals surface area contributed by atoms with Gasteiger partial charge in [-0.05, 0) is 59.7 Å². The number of aromatic nitrogens is 6. The van der Waals surface area contributed by atoms with Crippen molar-refractivity contribution in [3.63, 3.8) is 0 Å². The Kier molecular flexibility index (Phi) is 7.80. The molecule has 0 aliphatic heterocycles. The van der Waals surface area contributed by atoms with Gasteiger partial charge in [0.15, 0.2) is 11.6 Å². The Morgan fingerprint density at radius 1 is 0.286 bits per heavy atom. The molecule has 63 heavy (non-hydrogen) atoms. The maximum Gasteiger partial charge on any atom is 0.238 e. The second-order valence-electron chi connectivity index (χ2n) is 16.0. The van der Waals surface area contributed by atoms with E-state index in [2.05, 4.69) is 214 Å². The molecule has 0 aliphatic rings. The highest BCUT2D eigenvalue weighted by molar-refractivity contribution is 6.24. The maximum atomic E-state index is 5.49. The van der Waals surface area contributed by atoms with Gasteiger partial charge in [-0.25, -0.2) is 4.98 Å². The zero-order valence-electron chi connectivity index (χ0n) is 34.0. The molecule has 294 valence electrons. The molecule has 4 heterocycles. The lowest BCUT2D eigenvalue weighted by Gasteiger charge is -2.13. The molecule has 0 atom stereocenters. The Morgan fingerprint density at radius 2 is 0.778 bits per heavy atom. The van der Waals surface area contributed by atoms with Crippen molar-refractivity contribution >= 4 is 65.4 Å². The van der Waals surface area contributed by atoms with E-state index in [1.165, 1.54) is 21.9 Å². The molecule has 0 saturated carbocycles. The van der Waals surface area contributed by atoms with Gasteiger partial charge >= 0.3 is 0 Å². The lowest BCUT2D eigenvalue weighted by molar-refractivity contribution is 0.953. The number of hydrogen-bond donors (Lipinski definition) is 0. The van der Waals surface area contributed by atoms with E-state index in [9.17, 15) is 0 Å². The zero-order chi connectivity index (χ0) is 41.4. The Labute approximate surface area is 362 Å². The van der Waals surface area contributed by atoms with Crippen molar-refractivity contribution in [1.82, 2.24) is 28.7 Å².